The quantitative estimate of drug-likeness (QED) is 0.866. The van der Waals surface area contributed by atoms with Crippen molar-refractivity contribution >= 4 is 11.9 Å². The number of carbonyl (C=O) groups excluding carboxylic acids is 1. The van der Waals surface area contributed by atoms with E-state index in [0.717, 1.165) is 18.5 Å². The molecule has 2 saturated carbocycles. The lowest BCUT2D eigenvalue weighted by Crippen LogP contribution is -2.34. The van der Waals surface area contributed by atoms with Crippen molar-refractivity contribution in [2.75, 3.05) is 0 Å². The highest BCUT2D eigenvalue weighted by atomic mass is 16.4. The van der Waals surface area contributed by atoms with Gasteiger partial charge in [0, 0.05) is 12.2 Å². The predicted octanol–water partition coefficient (Wildman–Crippen LogP) is 1.29. The van der Waals surface area contributed by atoms with Crippen LogP contribution in [0.1, 0.15) is 25.0 Å². The largest absolute Gasteiger partial charge is 0.481 e. The molecule has 0 bridgehead atoms. The molecule has 5 nitrogen and oxygen atoms in total. The summed E-state index contributed by atoms with van der Waals surface area (Å²) in [6, 6.07) is 5.91. The zero-order valence-electron chi connectivity index (χ0n) is 10.5. The van der Waals surface area contributed by atoms with E-state index in [-0.39, 0.29) is 17.9 Å². The maximum Gasteiger partial charge on any atom is 0.307 e. The molecule has 2 fully saturated rings. The number of nitrogens with zero attached hydrogens (tertiary/aromatic N) is 2. The Morgan fingerprint density at radius 2 is 2.11 bits per heavy atom. The molecule has 1 amide bonds. The standard InChI is InChI=1S/C14H16N2O3/c17-13(11-7-12(11)14(18)19)16(10-4-5-10)8-9-3-1-2-6-15-9/h1-3,6,10-12H,4-5,7-8H2,(H,18,19). The molecule has 3 rings (SSSR count). The van der Waals surface area contributed by atoms with Gasteiger partial charge < -0.3 is 10.0 Å². The highest BCUT2D eigenvalue weighted by Gasteiger charge is 2.51. The Labute approximate surface area is 111 Å². The Kier molecular flexibility index (Phi) is 2.97. The third-order valence-electron chi connectivity index (χ3n) is 3.75. The van der Waals surface area contributed by atoms with E-state index in [1.165, 1.54) is 0 Å². The van der Waals surface area contributed by atoms with Gasteiger partial charge in [-0.05, 0) is 31.4 Å². The Bertz CT molecular complexity index is 499. The van der Waals surface area contributed by atoms with Gasteiger partial charge in [-0.1, -0.05) is 6.07 Å². The third-order valence-corrected chi connectivity index (χ3v) is 3.75. The maximum atomic E-state index is 12.3. The SMILES string of the molecule is O=C(O)C1CC1C(=O)N(Cc1ccccn1)C1CC1. The number of amides is 1. The molecule has 0 aromatic carbocycles. The fraction of sp³-hybridized carbons (Fsp3) is 0.500. The zero-order chi connectivity index (χ0) is 13.4. The maximum absolute atomic E-state index is 12.3. The summed E-state index contributed by atoms with van der Waals surface area (Å²) >= 11 is 0. The fourth-order valence-corrected chi connectivity index (χ4v) is 2.39. The smallest absolute Gasteiger partial charge is 0.307 e. The molecule has 19 heavy (non-hydrogen) atoms. The minimum absolute atomic E-state index is 0.0134. The van der Waals surface area contributed by atoms with Crippen molar-refractivity contribution < 1.29 is 14.7 Å². The van der Waals surface area contributed by atoms with Crippen molar-refractivity contribution in [3.63, 3.8) is 0 Å². The second-order valence-corrected chi connectivity index (χ2v) is 5.31. The third kappa shape index (κ3) is 2.59. The van der Waals surface area contributed by atoms with Crippen LogP contribution in [0.5, 0.6) is 0 Å². The summed E-state index contributed by atoms with van der Waals surface area (Å²) in [5, 5.41) is 8.92. The molecular formula is C14H16N2O3. The van der Waals surface area contributed by atoms with Crippen molar-refractivity contribution in [1.82, 2.24) is 9.88 Å². The van der Waals surface area contributed by atoms with Crippen molar-refractivity contribution in [3.8, 4) is 0 Å². The summed E-state index contributed by atoms with van der Waals surface area (Å²) in [7, 11) is 0. The molecule has 5 heteroatoms. The number of aromatic nitrogens is 1. The Balaban J connectivity index is 1.68. The summed E-state index contributed by atoms with van der Waals surface area (Å²) in [4.78, 5) is 29.3. The van der Waals surface area contributed by atoms with E-state index in [4.69, 9.17) is 5.11 Å². The number of aliphatic carboxylic acids is 1. The number of rotatable bonds is 5. The first-order valence-electron chi connectivity index (χ1n) is 6.60. The Hall–Kier alpha value is -1.91. The molecule has 100 valence electrons. The molecule has 0 spiro atoms. The van der Waals surface area contributed by atoms with Crippen molar-refractivity contribution in [3.05, 3.63) is 30.1 Å². The molecule has 2 atom stereocenters. The second kappa shape index (κ2) is 4.64. The summed E-state index contributed by atoms with van der Waals surface area (Å²) in [6.45, 7) is 0.493. The van der Waals surface area contributed by atoms with E-state index in [2.05, 4.69) is 4.98 Å². The monoisotopic (exact) mass is 260 g/mol. The lowest BCUT2D eigenvalue weighted by molar-refractivity contribution is -0.142. The van der Waals surface area contributed by atoms with Crippen molar-refractivity contribution in [2.45, 2.75) is 31.8 Å². The van der Waals surface area contributed by atoms with Crippen LogP contribution in [-0.4, -0.2) is 32.9 Å². The lowest BCUT2D eigenvalue weighted by Gasteiger charge is -2.22. The van der Waals surface area contributed by atoms with Gasteiger partial charge in [0.2, 0.25) is 5.91 Å². The predicted molar refractivity (Wildman–Crippen MR) is 67.0 cm³/mol. The van der Waals surface area contributed by atoms with Crippen LogP contribution in [-0.2, 0) is 16.1 Å². The second-order valence-electron chi connectivity index (χ2n) is 5.31. The van der Waals surface area contributed by atoms with E-state index in [0.29, 0.717) is 13.0 Å². The van der Waals surface area contributed by atoms with Crippen LogP contribution in [0.25, 0.3) is 0 Å². The van der Waals surface area contributed by atoms with Gasteiger partial charge in [-0.3, -0.25) is 14.6 Å². The van der Waals surface area contributed by atoms with E-state index in [9.17, 15) is 9.59 Å². The molecule has 0 radical (unpaired) electrons. The normalized spacial score (nSPS) is 24.8. The fourth-order valence-electron chi connectivity index (χ4n) is 2.39. The van der Waals surface area contributed by atoms with Crippen LogP contribution in [0, 0.1) is 11.8 Å². The van der Waals surface area contributed by atoms with Gasteiger partial charge in [0.1, 0.15) is 0 Å². The van der Waals surface area contributed by atoms with Gasteiger partial charge in [0.15, 0.2) is 0 Å². The van der Waals surface area contributed by atoms with Crippen LogP contribution < -0.4 is 0 Å². The summed E-state index contributed by atoms with van der Waals surface area (Å²) < 4.78 is 0. The number of carbonyl (C=O) groups is 2. The van der Waals surface area contributed by atoms with Gasteiger partial charge in [0.05, 0.1) is 24.1 Å². The molecule has 1 N–H and O–H groups in total. The average molecular weight is 260 g/mol. The van der Waals surface area contributed by atoms with Gasteiger partial charge in [0.25, 0.3) is 0 Å². The highest BCUT2D eigenvalue weighted by Crippen LogP contribution is 2.42. The Morgan fingerprint density at radius 1 is 1.32 bits per heavy atom. The van der Waals surface area contributed by atoms with E-state index in [1.54, 1.807) is 6.20 Å². The number of hydrogen-bond acceptors (Lipinski definition) is 3. The first kappa shape index (κ1) is 12.1. The number of pyridine rings is 1. The van der Waals surface area contributed by atoms with Gasteiger partial charge in [-0.25, -0.2) is 0 Å². The molecule has 2 aliphatic carbocycles. The van der Waals surface area contributed by atoms with E-state index >= 15 is 0 Å². The molecule has 0 aliphatic heterocycles. The topological polar surface area (TPSA) is 70.5 Å². The first-order valence-corrected chi connectivity index (χ1v) is 6.60. The number of carboxylic acids is 1. The number of hydrogen-bond donors (Lipinski definition) is 1. The molecule has 2 aliphatic rings. The molecule has 1 aromatic heterocycles. The van der Waals surface area contributed by atoms with Crippen LogP contribution in [0.4, 0.5) is 0 Å². The average Bonchev–Trinajstić information content (AvgIpc) is 3.29. The minimum atomic E-state index is -0.855. The molecule has 2 unspecified atom stereocenters. The Morgan fingerprint density at radius 3 is 2.63 bits per heavy atom. The van der Waals surface area contributed by atoms with Crippen molar-refractivity contribution in [1.29, 1.82) is 0 Å². The van der Waals surface area contributed by atoms with E-state index in [1.807, 2.05) is 23.1 Å². The minimum Gasteiger partial charge on any atom is -0.481 e. The molecule has 0 saturated heterocycles. The number of carboxylic acid groups (broad SMARTS) is 1. The first-order chi connectivity index (χ1) is 9.16. The lowest BCUT2D eigenvalue weighted by atomic mass is 10.2. The van der Waals surface area contributed by atoms with Crippen LogP contribution in [0.15, 0.2) is 24.4 Å². The van der Waals surface area contributed by atoms with Crippen LogP contribution in [0.3, 0.4) is 0 Å². The molecular weight excluding hydrogens is 244 g/mol. The van der Waals surface area contributed by atoms with Crippen molar-refractivity contribution in [2.24, 2.45) is 11.8 Å². The van der Waals surface area contributed by atoms with E-state index < -0.39 is 11.9 Å². The van der Waals surface area contributed by atoms with Gasteiger partial charge in [-0.2, -0.15) is 0 Å². The highest BCUT2D eigenvalue weighted by molar-refractivity contribution is 5.89. The zero-order valence-corrected chi connectivity index (χ0v) is 10.5. The summed E-state index contributed by atoms with van der Waals surface area (Å²) in [6.07, 6.45) is 4.23. The molecule has 1 aromatic rings. The molecule has 1 heterocycles. The summed E-state index contributed by atoms with van der Waals surface area (Å²) in [5.74, 6) is -1.66. The van der Waals surface area contributed by atoms with Crippen LogP contribution in [0.2, 0.25) is 0 Å². The van der Waals surface area contributed by atoms with Gasteiger partial charge in [-0.15, -0.1) is 0 Å². The van der Waals surface area contributed by atoms with Crippen LogP contribution >= 0.6 is 0 Å². The summed E-state index contributed by atoms with van der Waals surface area (Å²) in [5.41, 5.74) is 0.857. The van der Waals surface area contributed by atoms with Gasteiger partial charge >= 0.3 is 5.97 Å².